The van der Waals surface area contributed by atoms with Crippen molar-refractivity contribution in [3.8, 4) is 0 Å². The van der Waals surface area contributed by atoms with Crippen LogP contribution in [-0.4, -0.2) is 49.1 Å². The first-order chi connectivity index (χ1) is 7.79. The topological polar surface area (TPSA) is 58.6 Å². The van der Waals surface area contributed by atoms with Gasteiger partial charge in [-0.3, -0.25) is 9.59 Å². The van der Waals surface area contributed by atoms with Crippen molar-refractivity contribution >= 4 is 11.8 Å². The summed E-state index contributed by atoms with van der Waals surface area (Å²) in [5, 5.41) is 2.79. The Labute approximate surface area is 102 Å². The molecule has 0 bridgehead atoms. The van der Waals surface area contributed by atoms with Crippen molar-refractivity contribution in [1.29, 1.82) is 0 Å². The highest BCUT2D eigenvalue weighted by atomic mass is 16.5. The van der Waals surface area contributed by atoms with Gasteiger partial charge in [0.2, 0.25) is 11.8 Å². The van der Waals surface area contributed by atoms with E-state index in [4.69, 9.17) is 4.74 Å². The van der Waals surface area contributed by atoms with Crippen LogP contribution in [0.3, 0.4) is 0 Å². The first-order valence-corrected chi connectivity index (χ1v) is 5.89. The Hall–Kier alpha value is -1.10. The Balaban J connectivity index is 2.87. The number of nitrogens with zero attached hydrogens (tertiary/aromatic N) is 1. The van der Waals surface area contributed by atoms with Crippen LogP contribution in [0.5, 0.6) is 0 Å². The standard InChI is InChI=1S/C12H22N2O3/c1-8-10(15)13-9(12(2,3)4)11(16)14(8)6-7-17-5/h8-9H,6-7H2,1-5H3,(H,13,15). The van der Waals surface area contributed by atoms with Gasteiger partial charge in [0, 0.05) is 13.7 Å². The Morgan fingerprint density at radius 3 is 2.41 bits per heavy atom. The number of methoxy groups -OCH3 is 1. The molecule has 0 aromatic heterocycles. The minimum atomic E-state index is -0.456. The van der Waals surface area contributed by atoms with Gasteiger partial charge in [0.1, 0.15) is 12.1 Å². The summed E-state index contributed by atoms with van der Waals surface area (Å²) in [4.78, 5) is 25.7. The number of rotatable bonds is 3. The molecule has 0 aromatic rings. The third kappa shape index (κ3) is 2.97. The van der Waals surface area contributed by atoms with Crippen molar-refractivity contribution < 1.29 is 14.3 Å². The number of piperazine rings is 1. The van der Waals surface area contributed by atoms with Gasteiger partial charge in [0.25, 0.3) is 0 Å². The molecule has 2 amide bonds. The second kappa shape index (κ2) is 5.04. The number of carbonyl (C=O) groups excluding carboxylic acids is 2. The van der Waals surface area contributed by atoms with E-state index in [2.05, 4.69) is 5.32 Å². The van der Waals surface area contributed by atoms with E-state index in [1.54, 1.807) is 18.9 Å². The maximum Gasteiger partial charge on any atom is 0.246 e. The number of ether oxygens (including phenoxy) is 1. The van der Waals surface area contributed by atoms with Gasteiger partial charge in [0.05, 0.1) is 6.61 Å². The number of nitrogens with one attached hydrogen (secondary N) is 1. The molecule has 1 aliphatic rings. The number of hydrogen-bond acceptors (Lipinski definition) is 3. The molecule has 0 aromatic carbocycles. The maximum atomic E-state index is 12.3. The Morgan fingerprint density at radius 1 is 1.35 bits per heavy atom. The van der Waals surface area contributed by atoms with E-state index < -0.39 is 12.1 Å². The average Bonchev–Trinajstić information content (AvgIpc) is 2.22. The minimum Gasteiger partial charge on any atom is -0.383 e. The minimum absolute atomic E-state index is 0.0262. The summed E-state index contributed by atoms with van der Waals surface area (Å²) < 4.78 is 4.97. The van der Waals surface area contributed by atoms with Crippen molar-refractivity contribution in [2.24, 2.45) is 5.41 Å². The highest BCUT2D eigenvalue weighted by Gasteiger charge is 2.43. The van der Waals surface area contributed by atoms with Crippen LogP contribution in [0.2, 0.25) is 0 Å². The normalized spacial score (nSPS) is 26.1. The Morgan fingerprint density at radius 2 is 1.94 bits per heavy atom. The molecular weight excluding hydrogens is 220 g/mol. The van der Waals surface area contributed by atoms with E-state index >= 15 is 0 Å². The fourth-order valence-corrected chi connectivity index (χ4v) is 1.90. The molecule has 1 N–H and O–H groups in total. The number of hydrogen-bond donors (Lipinski definition) is 1. The fraction of sp³-hybridized carbons (Fsp3) is 0.833. The average molecular weight is 242 g/mol. The van der Waals surface area contributed by atoms with Crippen LogP contribution in [0.4, 0.5) is 0 Å². The first-order valence-electron chi connectivity index (χ1n) is 5.89. The molecule has 2 unspecified atom stereocenters. The summed E-state index contributed by atoms with van der Waals surface area (Å²) in [6.45, 7) is 8.47. The number of amides is 2. The van der Waals surface area contributed by atoms with E-state index in [1.165, 1.54) is 0 Å². The van der Waals surface area contributed by atoms with E-state index in [0.717, 1.165) is 0 Å². The summed E-state index contributed by atoms with van der Waals surface area (Å²) in [6.07, 6.45) is 0. The van der Waals surface area contributed by atoms with Gasteiger partial charge in [-0.2, -0.15) is 0 Å². The van der Waals surface area contributed by atoms with Gasteiger partial charge in [0.15, 0.2) is 0 Å². The molecule has 98 valence electrons. The lowest BCUT2D eigenvalue weighted by Gasteiger charge is -2.42. The van der Waals surface area contributed by atoms with Crippen molar-refractivity contribution in [2.75, 3.05) is 20.3 Å². The summed E-state index contributed by atoms with van der Waals surface area (Å²) in [6, 6.07) is -0.876. The van der Waals surface area contributed by atoms with Crippen LogP contribution in [0.15, 0.2) is 0 Å². The van der Waals surface area contributed by atoms with E-state index in [9.17, 15) is 9.59 Å². The van der Waals surface area contributed by atoms with Crippen molar-refractivity contribution in [1.82, 2.24) is 10.2 Å². The molecule has 1 heterocycles. The van der Waals surface area contributed by atoms with Gasteiger partial charge in [-0.15, -0.1) is 0 Å². The molecular formula is C12H22N2O3. The molecule has 1 rings (SSSR count). The summed E-state index contributed by atoms with van der Waals surface area (Å²) >= 11 is 0. The molecule has 1 fully saturated rings. The molecule has 0 saturated carbocycles. The van der Waals surface area contributed by atoms with Gasteiger partial charge in [-0.1, -0.05) is 20.8 Å². The SMILES string of the molecule is COCCN1C(=O)C(C(C)(C)C)NC(=O)C1C. The maximum absolute atomic E-state index is 12.3. The Kier molecular flexibility index (Phi) is 4.14. The zero-order valence-electron chi connectivity index (χ0n) is 11.2. The lowest BCUT2D eigenvalue weighted by molar-refractivity contribution is -0.152. The molecule has 0 radical (unpaired) electrons. The third-order valence-electron chi connectivity index (χ3n) is 3.07. The van der Waals surface area contributed by atoms with Gasteiger partial charge in [-0.25, -0.2) is 0 Å². The molecule has 1 aliphatic heterocycles. The monoisotopic (exact) mass is 242 g/mol. The first kappa shape index (κ1) is 14.0. The molecule has 0 spiro atoms. The van der Waals surface area contributed by atoms with Crippen LogP contribution in [0, 0.1) is 5.41 Å². The lowest BCUT2D eigenvalue weighted by Crippen LogP contribution is -2.66. The largest absolute Gasteiger partial charge is 0.383 e. The quantitative estimate of drug-likeness (QED) is 0.779. The van der Waals surface area contributed by atoms with Crippen LogP contribution in [0.25, 0.3) is 0 Å². The molecule has 0 aliphatic carbocycles. The van der Waals surface area contributed by atoms with Crippen molar-refractivity contribution in [3.63, 3.8) is 0 Å². The molecule has 5 heteroatoms. The fourth-order valence-electron chi connectivity index (χ4n) is 1.90. The second-order valence-corrected chi connectivity index (χ2v) is 5.51. The van der Waals surface area contributed by atoms with Gasteiger partial charge < -0.3 is 15.0 Å². The molecule has 1 saturated heterocycles. The van der Waals surface area contributed by atoms with E-state index in [1.807, 2.05) is 20.8 Å². The smallest absolute Gasteiger partial charge is 0.246 e. The van der Waals surface area contributed by atoms with Crippen LogP contribution in [0.1, 0.15) is 27.7 Å². The van der Waals surface area contributed by atoms with Crippen molar-refractivity contribution in [3.05, 3.63) is 0 Å². The van der Waals surface area contributed by atoms with Crippen LogP contribution in [-0.2, 0) is 14.3 Å². The van der Waals surface area contributed by atoms with Crippen LogP contribution >= 0.6 is 0 Å². The molecule has 2 atom stereocenters. The van der Waals surface area contributed by atoms with Crippen LogP contribution < -0.4 is 5.32 Å². The predicted molar refractivity (Wildman–Crippen MR) is 64.4 cm³/mol. The zero-order chi connectivity index (χ0) is 13.2. The van der Waals surface area contributed by atoms with E-state index in [-0.39, 0.29) is 17.2 Å². The highest BCUT2D eigenvalue weighted by molar-refractivity contribution is 5.97. The van der Waals surface area contributed by atoms with Crippen molar-refractivity contribution in [2.45, 2.75) is 39.8 Å². The highest BCUT2D eigenvalue weighted by Crippen LogP contribution is 2.24. The lowest BCUT2D eigenvalue weighted by atomic mass is 9.84. The Bertz CT molecular complexity index is 309. The van der Waals surface area contributed by atoms with Gasteiger partial charge in [-0.05, 0) is 12.3 Å². The molecule has 17 heavy (non-hydrogen) atoms. The third-order valence-corrected chi connectivity index (χ3v) is 3.07. The summed E-state index contributed by atoms with van der Waals surface area (Å²) in [7, 11) is 1.58. The second-order valence-electron chi connectivity index (χ2n) is 5.51. The van der Waals surface area contributed by atoms with Gasteiger partial charge >= 0.3 is 0 Å². The summed E-state index contributed by atoms with van der Waals surface area (Å²) in [5.74, 6) is -0.123. The summed E-state index contributed by atoms with van der Waals surface area (Å²) in [5.41, 5.74) is -0.280. The number of carbonyl (C=O) groups is 2. The zero-order valence-corrected chi connectivity index (χ0v) is 11.2. The predicted octanol–water partition coefficient (Wildman–Crippen LogP) is 0.394. The van der Waals surface area contributed by atoms with E-state index in [0.29, 0.717) is 13.2 Å². The molecule has 5 nitrogen and oxygen atoms in total.